The molecule has 3 rings (SSSR count). The van der Waals surface area contributed by atoms with Crippen molar-refractivity contribution in [2.24, 2.45) is 11.1 Å². The second-order valence-electron chi connectivity index (χ2n) is 7.57. The second-order valence-corrected chi connectivity index (χ2v) is 7.57. The zero-order valence-electron chi connectivity index (χ0n) is 16.1. The highest BCUT2D eigenvalue weighted by molar-refractivity contribution is 5.99. The van der Waals surface area contributed by atoms with E-state index in [-0.39, 0.29) is 11.3 Å². The number of rotatable bonds is 6. The first-order chi connectivity index (χ1) is 12.9. The topological polar surface area (TPSA) is 64.2 Å². The third-order valence-electron chi connectivity index (χ3n) is 4.58. The minimum atomic E-state index is -0.146. The normalized spacial score (nSPS) is 11.4. The lowest BCUT2D eigenvalue weighted by Crippen LogP contribution is -2.39. The van der Waals surface area contributed by atoms with E-state index in [1.54, 1.807) is 9.58 Å². The maximum atomic E-state index is 13.2. The lowest BCUT2D eigenvalue weighted by Gasteiger charge is -2.29. The average Bonchev–Trinajstić information content (AvgIpc) is 3.14. The van der Waals surface area contributed by atoms with Gasteiger partial charge in [0, 0.05) is 25.4 Å². The van der Waals surface area contributed by atoms with Crippen molar-refractivity contribution in [3.05, 3.63) is 72.4 Å². The molecule has 140 valence electrons. The van der Waals surface area contributed by atoms with Crippen molar-refractivity contribution < 1.29 is 4.79 Å². The molecule has 3 aromatic rings. The minimum Gasteiger partial charge on any atom is -0.341 e. The van der Waals surface area contributed by atoms with E-state index in [9.17, 15) is 4.79 Å². The van der Waals surface area contributed by atoms with Crippen LogP contribution in [-0.4, -0.2) is 40.7 Å². The fourth-order valence-electron chi connectivity index (χ4n) is 3.04. The zero-order chi connectivity index (χ0) is 19.4. The molecule has 27 heavy (non-hydrogen) atoms. The summed E-state index contributed by atoms with van der Waals surface area (Å²) in [5.41, 5.74) is 8.79. The molecule has 0 aliphatic rings. The molecule has 0 radical (unpaired) electrons. The number of hydrogen-bond donors (Lipinski definition) is 1. The van der Waals surface area contributed by atoms with Crippen molar-refractivity contribution in [1.82, 2.24) is 14.7 Å². The van der Waals surface area contributed by atoms with Gasteiger partial charge in [-0.1, -0.05) is 62.4 Å². The molecule has 0 atom stereocenters. The molecule has 0 saturated heterocycles. The monoisotopic (exact) mass is 362 g/mol. The van der Waals surface area contributed by atoms with Gasteiger partial charge in [-0.3, -0.25) is 4.79 Å². The van der Waals surface area contributed by atoms with Crippen LogP contribution >= 0.6 is 0 Å². The van der Waals surface area contributed by atoms with Crippen LogP contribution in [0.4, 0.5) is 0 Å². The Morgan fingerprint density at radius 1 is 1.07 bits per heavy atom. The van der Waals surface area contributed by atoms with Crippen molar-refractivity contribution in [1.29, 1.82) is 0 Å². The van der Waals surface area contributed by atoms with E-state index >= 15 is 0 Å². The number of hydrogen-bond acceptors (Lipinski definition) is 3. The molecule has 1 aromatic heterocycles. The standard InChI is InChI=1S/C22H26N4O/c1-22(2,15-23)16-25(3)21(27)19-14-26(18-12-8-5-9-13-18)24-20(19)17-10-6-4-7-11-17/h4-14H,15-16,23H2,1-3H3. The van der Waals surface area contributed by atoms with E-state index < -0.39 is 0 Å². The minimum absolute atomic E-state index is 0.0578. The van der Waals surface area contributed by atoms with Crippen LogP contribution in [-0.2, 0) is 0 Å². The lowest BCUT2D eigenvalue weighted by molar-refractivity contribution is 0.0741. The van der Waals surface area contributed by atoms with Crippen LogP contribution in [0.15, 0.2) is 66.9 Å². The predicted molar refractivity (Wildman–Crippen MR) is 109 cm³/mol. The summed E-state index contributed by atoms with van der Waals surface area (Å²) in [6, 6.07) is 19.6. The maximum absolute atomic E-state index is 13.2. The van der Waals surface area contributed by atoms with Gasteiger partial charge in [-0.15, -0.1) is 0 Å². The van der Waals surface area contributed by atoms with Gasteiger partial charge in [-0.2, -0.15) is 5.10 Å². The van der Waals surface area contributed by atoms with Gasteiger partial charge >= 0.3 is 0 Å². The molecule has 0 unspecified atom stereocenters. The van der Waals surface area contributed by atoms with Gasteiger partial charge in [0.2, 0.25) is 0 Å². The van der Waals surface area contributed by atoms with Crippen molar-refractivity contribution in [2.75, 3.05) is 20.1 Å². The van der Waals surface area contributed by atoms with Crippen molar-refractivity contribution >= 4 is 5.91 Å². The number of aromatic nitrogens is 2. The number of nitrogens with two attached hydrogens (primary N) is 1. The molecule has 0 spiro atoms. The predicted octanol–water partition coefficient (Wildman–Crippen LogP) is 3.60. The highest BCUT2D eigenvalue weighted by atomic mass is 16.2. The number of carbonyl (C=O) groups is 1. The van der Waals surface area contributed by atoms with Crippen molar-refractivity contribution in [3.8, 4) is 16.9 Å². The average molecular weight is 362 g/mol. The summed E-state index contributed by atoms with van der Waals surface area (Å²) < 4.78 is 1.76. The maximum Gasteiger partial charge on any atom is 0.257 e. The van der Waals surface area contributed by atoms with Crippen LogP contribution in [0.5, 0.6) is 0 Å². The quantitative estimate of drug-likeness (QED) is 0.729. The molecule has 5 heteroatoms. The molecule has 1 amide bonds. The Morgan fingerprint density at radius 3 is 2.26 bits per heavy atom. The Bertz CT molecular complexity index is 901. The Kier molecular flexibility index (Phi) is 5.42. The van der Waals surface area contributed by atoms with E-state index in [4.69, 9.17) is 10.8 Å². The van der Waals surface area contributed by atoms with E-state index in [1.165, 1.54) is 0 Å². The van der Waals surface area contributed by atoms with Crippen LogP contribution < -0.4 is 5.73 Å². The number of carbonyl (C=O) groups excluding carboxylic acids is 1. The molecule has 0 saturated carbocycles. The van der Waals surface area contributed by atoms with Crippen LogP contribution in [0.3, 0.4) is 0 Å². The highest BCUT2D eigenvalue weighted by Crippen LogP contribution is 2.25. The van der Waals surface area contributed by atoms with Gasteiger partial charge < -0.3 is 10.6 Å². The first-order valence-corrected chi connectivity index (χ1v) is 9.07. The van der Waals surface area contributed by atoms with Crippen LogP contribution in [0, 0.1) is 5.41 Å². The fourth-order valence-corrected chi connectivity index (χ4v) is 3.04. The highest BCUT2D eigenvalue weighted by Gasteiger charge is 2.25. The molecule has 2 N–H and O–H groups in total. The summed E-state index contributed by atoms with van der Waals surface area (Å²) in [5, 5.41) is 4.72. The lowest BCUT2D eigenvalue weighted by atomic mass is 9.93. The Labute approximate surface area is 160 Å². The molecular weight excluding hydrogens is 336 g/mol. The summed E-state index contributed by atoms with van der Waals surface area (Å²) in [6.07, 6.45) is 1.81. The SMILES string of the molecule is CN(CC(C)(C)CN)C(=O)c1cn(-c2ccccc2)nc1-c1ccccc1. The number of benzene rings is 2. The van der Waals surface area contributed by atoms with Crippen LogP contribution in [0.1, 0.15) is 24.2 Å². The summed E-state index contributed by atoms with van der Waals surface area (Å²) in [5.74, 6) is -0.0578. The van der Waals surface area contributed by atoms with E-state index in [2.05, 4.69) is 13.8 Å². The number of nitrogens with zero attached hydrogens (tertiary/aromatic N) is 3. The third kappa shape index (κ3) is 4.26. The molecule has 5 nitrogen and oxygen atoms in total. The van der Waals surface area contributed by atoms with Gasteiger partial charge in [0.25, 0.3) is 5.91 Å². The van der Waals surface area contributed by atoms with E-state index in [1.807, 2.05) is 73.9 Å². The van der Waals surface area contributed by atoms with Gasteiger partial charge in [0.15, 0.2) is 0 Å². The number of amides is 1. The van der Waals surface area contributed by atoms with Crippen LogP contribution in [0.2, 0.25) is 0 Å². The first-order valence-electron chi connectivity index (χ1n) is 9.07. The Morgan fingerprint density at radius 2 is 1.67 bits per heavy atom. The third-order valence-corrected chi connectivity index (χ3v) is 4.58. The summed E-state index contributed by atoms with van der Waals surface area (Å²) in [4.78, 5) is 14.9. The summed E-state index contributed by atoms with van der Waals surface area (Å²) >= 11 is 0. The molecule has 0 aliphatic carbocycles. The van der Waals surface area contributed by atoms with Gasteiger partial charge in [-0.05, 0) is 24.1 Å². The molecule has 1 heterocycles. The molecule has 0 aliphatic heterocycles. The fraction of sp³-hybridized carbons (Fsp3) is 0.273. The molecule has 0 fully saturated rings. The zero-order valence-corrected chi connectivity index (χ0v) is 16.1. The van der Waals surface area contributed by atoms with E-state index in [0.717, 1.165) is 11.3 Å². The molecule has 2 aromatic carbocycles. The Balaban J connectivity index is 2.02. The number of para-hydroxylation sites is 1. The van der Waals surface area contributed by atoms with Gasteiger partial charge in [0.1, 0.15) is 5.69 Å². The van der Waals surface area contributed by atoms with E-state index in [0.29, 0.717) is 24.3 Å². The molecule has 0 bridgehead atoms. The second kappa shape index (κ2) is 7.76. The summed E-state index contributed by atoms with van der Waals surface area (Å²) in [7, 11) is 1.81. The largest absolute Gasteiger partial charge is 0.341 e. The first kappa shape index (κ1) is 18.9. The Hall–Kier alpha value is -2.92. The van der Waals surface area contributed by atoms with Gasteiger partial charge in [0.05, 0.1) is 11.3 Å². The van der Waals surface area contributed by atoms with Gasteiger partial charge in [-0.25, -0.2) is 4.68 Å². The summed E-state index contributed by atoms with van der Waals surface area (Å²) in [6.45, 7) is 5.21. The van der Waals surface area contributed by atoms with Crippen LogP contribution in [0.25, 0.3) is 16.9 Å². The molecular formula is C22H26N4O. The van der Waals surface area contributed by atoms with Crippen molar-refractivity contribution in [3.63, 3.8) is 0 Å². The van der Waals surface area contributed by atoms with Crippen molar-refractivity contribution in [2.45, 2.75) is 13.8 Å². The smallest absolute Gasteiger partial charge is 0.257 e.